The van der Waals surface area contributed by atoms with Crippen LogP contribution in [0.4, 0.5) is 5.82 Å². The van der Waals surface area contributed by atoms with Crippen molar-refractivity contribution in [1.82, 2.24) is 9.97 Å². The summed E-state index contributed by atoms with van der Waals surface area (Å²) in [6, 6.07) is 14.2. The maximum Gasteiger partial charge on any atom is 0.134 e. The van der Waals surface area contributed by atoms with Gasteiger partial charge in [0.15, 0.2) is 0 Å². The van der Waals surface area contributed by atoms with Gasteiger partial charge >= 0.3 is 0 Å². The van der Waals surface area contributed by atoms with Crippen molar-refractivity contribution in [3.05, 3.63) is 64.5 Å². The zero-order chi connectivity index (χ0) is 13.9. The average Bonchev–Trinajstić information content (AvgIpc) is 2.46. The van der Waals surface area contributed by atoms with E-state index in [2.05, 4.69) is 37.3 Å². The summed E-state index contributed by atoms with van der Waals surface area (Å²) in [7, 11) is 0. The molecule has 0 fully saturated rings. The zero-order valence-corrected chi connectivity index (χ0v) is 12.7. The maximum atomic E-state index is 4.49. The van der Waals surface area contributed by atoms with E-state index in [1.807, 2.05) is 49.5 Å². The van der Waals surface area contributed by atoms with Crippen molar-refractivity contribution in [3.8, 4) is 0 Å². The molecule has 0 radical (unpaired) electrons. The number of hydrogen-bond acceptors (Lipinski definition) is 3. The Hall–Kier alpha value is -1.94. The molecule has 4 heteroatoms. The molecule has 0 saturated heterocycles. The number of fused-ring (bicyclic) bond motifs is 1. The number of hydrogen-bond donors (Lipinski definition) is 1. The number of pyridine rings is 2. The molecule has 0 spiro atoms. The molecule has 1 N–H and O–H groups in total. The monoisotopic (exact) mass is 327 g/mol. The molecular weight excluding hydrogens is 314 g/mol. The van der Waals surface area contributed by atoms with Crippen LogP contribution in [0.25, 0.3) is 10.8 Å². The summed E-state index contributed by atoms with van der Waals surface area (Å²) in [5.41, 5.74) is 2.04. The van der Waals surface area contributed by atoms with Crippen molar-refractivity contribution in [1.29, 1.82) is 0 Å². The molecule has 3 nitrogen and oxygen atoms in total. The van der Waals surface area contributed by atoms with Crippen LogP contribution in [0.15, 0.2) is 53.1 Å². The second-order valence-electron chi connectivity index (χ2n) is 4.62. The topological polar surface area (TPSA) is 37.8 Å². The van der Waals surface area contributed by atoms with Crippen LogP contribution < -0.4 is 5.32 Å². The van der Waals surface area contributed by atoms with Crippen LogP contribution in [0, 0.1) is 6.92 Å². The molecule has 1 aromatic carbocycles. The van der Waals surface area contributed by atoms with Crippen molar-refractivity contribution in [2.45, 2.75) is 13.5 Å². The third-order valence-electron chi connectivity index (χ3n) is 3.14. The van der Waals surface area contributed by atoms with E-state index in [1.54, 1.807) is 0 Å². The minimum absolute atomic E-state index is 0.667. The number of nitrogens with zero attached hydrogens (tertiary/aromatic N) is 2. The van der Waals surface area contributed by atoms with Gasteiger partial charge in [0.25, 0.3) is 0 Å². The van der Waals surface area contributed by atoms with Crippen LogP contribution in [0.1, 0.15) is 11.4 Å². The van der Waals surface area contributed by atoms with Crippen molar-refractivity contribution >= 4 is 32.5 Å². The predicted molar refractivity (Wildman–Crippen MR) is 85.7 cm³/mol. The van der Waals surface area contributed by atoms with Gasteiger partial charge in [-0.1, -0.05) is 34.1 Å². The Morgan fingerprint density at radius 1 is 1.05 bits per heavy atom. The SMILES string of the molecule is Cc1cccc(CNc2nccc3c(Br)cccc23)n1. The third-order valence-corrected chi connectivity index (χ3v) is 3.83. The molecule has 3 aromatic rings. The number of aryl methyl sites for hydroxylation is 1. The molecule has 20 heavy (non-hydrogen) atoms. The third kappa shape index (κ3) is 2.65. The molecule has 2 heterocycles. The molecule has 3 rings (SSSR count). The summed E-state index contributed by atoms with van der Waals surface area (Å²) in [5, 5.41) is 5.62. The van der Waals surface area contributed by atoms with E-state index in [9.17, 15) is 0 Å². The van der Waals surface area contributed by atoms with Crippen molar-refractivity contribution in [3.63, 3.8) is 0 Å². The smallest absolute Gasteiger partial charge is 0.134 e. The van der Waals surface area contributed by atoms with Crippen LogP contribution in [-0.2, 0) is 6.54 Å². The minimum atomic E-state index is 0.667. The molecule has 0 amide bonds. The lowest BCUT2D eigenvalue weighted by atomic mass is 10.1. The second kappa shape index (κ2) is 5.59. The molecule has 2 aromatic heterocycles. The summed E-state index contributed by atoms with van der Waals surface area (Å²) in [6.45, 7) is 2.66. The van der Waals surface area contributed by atoms with E-state index >= 15 is 0 Å². The Morgan fingerprint density at radius 3 is 2.75 bits per heavy atom. The van der Waals surface area contributed by atoms with Gasteiger partial charge in [-0.05, 0) is 31.2 Å². The first-order valence-corrected chi connectivity index (χ1v) is 7.23. The van der Waals surface area contributed by atoms with Gasteiger partial charge in [-0.15, -0.1) is 0 Å². The fourth-order valence-electron chi connectivity index (χ4n) is 2.18. The maximum absolute atomic E-state index is 4.49. The van der Waals surface area contributed by atoms with Gasteiger partial charge in [0.2, 0.25) is 0 Å². The first-order valence-electron chi connectivity index (χ1n) is 6.44. The Bertz CT molecular complexity index is 756. The molecule has 100 valence electrons. The number of benzene rings is 1. The summed E-state index contributed by atoms with van der Waals surface area (Å²) in [4.78, 5) is 8.91. The summed E-state index contributed by atoms with van der Waals surface area (Å²) >= 11 is 3.57. The van der Waals surface area contributed by atoms with E-state index in [0.29, 0.717) is 6.54 Å². The number of halogens is 1. The van der Waals surface area contributed by atoms with E-state index in [-0.39, 0.29) is 0 Å². The van der Waals surface area contributed by atoms with Crippen LogP contribution in [0.5, 0.6) is 0 Å². The number of anilines is 1. The summed E-state index contributed by atoms with van der Waals surface area (Å²) in [6.07, 6.45) is 1.82. The minimum Gasteiger partial charge on any atom is -0.364 e. The molecule has 0 aliphatic carbocycles. The first kappa shape index (κ1) is 13.1. The van der Waals surface area contributed by atoms with E-state index in [0.717, 1.165) is 32.5 Å². The summed E-state index contributed by atoms with van der Waals surface area (Å²) in [5.74, 6) is 0.882. The standard InChI is InChI=1S/C16H14BrN3/c1-11-4-2-5-12(20-11)10-19-16-14-6-3-7-15(17)13(14)8-9-18-16/h2-9H,10H2,1H3,(H,18,19). The van der Waals surface area contributed by atoms with E-state index in [4.69, 9.17) is 0 Å². The number of aromatic nitrogens is 2. The lowest BCUT2D eigenvalue weighted by molar-refractivity contribution is 1.01. The Balaban J connectivity index is 1.90. The van der Waals surface area contributed by atoms with Crippen molar-refractivity contribution < 1.29 is 0 Å². The highest BCUT2D eigenvalue weighted by atomic mass is 79.9. The van der Waals surface area contributed by atoms with Crippen LogP contribution in [0.3, 0.4) is 0 Å². The molecule has 0 atom stereocenters. The average molecular weight is 328 g/mol. The van der Waals surface area contributed by atoms with Gasteiger partial charge in [0, 0.05) is 27.1 Å². The fourth-order valence-corrected chi connectivity index (χ4v) is 2.68. The molecule has 0 aliphatic rings. The Kier molecular flexibility index (Phi) is 3.65. The molecule has 0 saturated carbocycles. The lowest BCUT2D eigenvalue weighted by Crippen LogP contribution is -2.04. The molecule has 0 aliphatic heterocycles. The van der Waals surface area contributed by atoms with Gasteiger partial charge in [0.05, 0.1) is 12.2 Å². The quantitative estimate of drug-likeness (QED) is 0.778. The predicted octanol–water partition coefficient (Wildman–Crippen LogP) is 4.31. The Morgan fingerprint density at radius 2 is 1.90 bits per heavy atom. The highest BCUT2D eigenvalue weighted by molar-refractivity contribution is 9.10. The van der Waals surface area contributed by atoms with Crippen LogP contribution in [-0.4, -0.2) is 9.97 Å². The Labute approximate surface area is 126 Å². The van der Waals surface area contributed by atoms with Gasteiger partial charge in [-0.2, -0.15) is 0 Å². The van der Waals surface area contributed by atoms with E-state index in [1.165, 1.54) is 0 Å². The highest BCUT2D eigenvalue weighted by Gasteiger charge is 2.04. The van der Waals surface area contributed by atoms with Crippen LogP contribution in [0.2, 0.25) is 0 Å². The normalized spacial score (nSPS) is 10.7. The lowest BCUT2D eigenvalue weighted by Gasteiger charge is -2.09. The number of nitrogens with one attached hydrogen (secondary N) is 1. The van der Waals surface area contributed by atoms with Gasteiger partial charge in [-0.3, -0.25) is 4.98 Å². The van der Waals surface area contributed by atoms with Crippen LogP contribution >= 0.6 is 15.9 Å². The van der Waals surface area contributed by atoms with Gasteiger partial charge in [0.1, 0.15) is 5.82 Å². The molecule has 0 bridgehead atoms. The van der Waals surface area contributed by atoms with Gasteiger partial charge in [-0.25, -0.2) is 4.98 Å². The van der Waals surface area contributed by atoms with E-state index < -0.39 is 0 Å². The van der Waals surface area contributed by atoms with Crippen molar-refractivity contribution in [2.24, 2.45) is 0 Å². The first-order chi connectivity index (χ1) is 9.74. The highest BCUT2D eigenvalue weighted by Crippen LogP contribution is 2.27. The largest absolute Gasteiger partial charge is 0.364 e. The summed E-state index contributed by atoms with van der Waals surface area (Å²) < 4.78 is 1.08. The fraction of sp³-hybridized carbons (Fsp3) is 0.125. The zero-order valence-electron chi connectivity index (χ0n) is 11.1. The molecular formula is C16H14BrN3. The van der Waals surface area contributed by atoms with Crippen molar-refractivity contribution in [2.75, 3.05) is 5.32 Å². The number of rotatable bonds is 3. The molecule has 0 unspecified atom stereocenters. The second-order valence-corrected chi connectivity index (χ2v) is 5.47. The van der Waals surface area contributed by atoms with Gasteiger partial charge < -0.3 is 5.32 Å².